The Bertz CT molecular complexity index is 479. The largest absolute Gasteiger partial charge is 0.394 e. The molecule has 1 saturated carbocycles. The molecule has 0 aliphatic heterocycles. The zero-order chi connectivity index (χ0) is 13.7. The lowest BCUT2D eigenvalue weighted by molar-refractivity contribution is -0.118. The van der Waals surface area contributed by atoms with E-state index in [4.69, 9.17) is 0 Å². The van der Waals surface area contributed by atoms with Gasteiger partial charge in [-0.3, -0.25) is 4.79 Å². The average molecular weight is 263 g/mol. The highest BCUT2D eigenvalue weighted by Crippen LogP contribution is 2.29. The molecule has 3 nitrogen and oxygen atoms in total. The van der Waals surface area contributed by atoms with Crippen LogP contribution in [0.3, 0.4) is 0 Å². The van der Waals surface area contributed by atoms with Gasteiger partial charge < -0.3 is 10.4 Å². The van der Waals surface area contributed by atoms with Gasteiger partial charge in [0.25, 0.3) is 0 Å². The van der Waals surface area contributed by atoms with Crippen LogP contribution >= 0.6 is 0 Å². The lowest BCUT2D eigenvalue weighted by Gasteiger charge is -2.27. The summed E-state index contributed by atoms with van der Waals surface area (Å²) in [7, 11) is 0. The maximum atomic E-state index is 13.0. The Balaban J connectivity index is 1.97. The van der Waals surface area contributed by atoms with Crippen LogP contribution in [0, 0.1) is 5.82 Å². The number of carbonyl (C=O) groups excluding carboxylic acids is 1. The number of rotatable bonds is 4. The Labute approximate surface area is 112 Å². The minimum Gasteiger partial charge on any atom is -0.394 e. The number of nitrogens with one attached hydrogen (secondary N) is 1. The van der Waals surface area contributed by atoms with E-state index in [1.54, 1.807) is 18.2 Å². The Morgan fingerprint density at radius 3 is 2.79 bits per heavy atom. The monoisotopic (exact) mass is 263 g/mol. The molecule has 0 unspecified atom stereocenters. The van der Waals surface area contributed by atoms with Crippen LogP contribution < -0.4 is 5.32 Å². The Kier molecular flexibility index (Phi) is 4.32. The summed E-state index contributed by atoms with van der Waals surface area (Å²) in [6.07, 6.45) is 6.61. The number of aliphatic hydroxyl groups is 1. The van der Waals surface area contributed by atoms with Crippen molar-refractivity contribution in [2.45, 2.75) is 31.2 Å². The SMILES string of the molecule is O=C(/C=C/c1cccc(F)c1)NC1(CO)CCCC1. The highest BCUT2D eigenvalue weighted by atomic mass is 19.1. The predicted octanol–water partition coefficient (Wildman–Crippen LogP) is 2.26. The van der Waals surface area contributed by atoms with Crippen LogP contribution in [-0.2, 0) is 4.79 Å². The Hall–Kier alpha value is -1.68. The minimum absolute atomic E-state index is 0.0352. The molecule has 0 saturated heterocycles. The van der Waals surface area contributed by atoms with Crippen LogP contribution in [0.5, 0.6) is 0 Å². The van der Waals surface area contributed by atoms with Crippen molar-refractivity contribution < 1.29 is 14.3 Å². The third-order valence-corrected chi connectivity index (χ3v) is 3.53. The number of hydrogen-bond donors (Lipinski definition) is 2. The van der Waals surface area contributed by atoms with Crippen molar-refractivity contribution in [2.75, 3.05) is 6.61 Å². The van der Waals surface area contributed by atoms with Crippen molar-refractivity contribution in [1.29, 1.82) is 0 Å². The molecule has 2 rings (SSSR count). The first-order valence-corrected chi connectivity index (χ1v) is 6.50. The highest BCUT2D eigenvalue weighted by Gasteiger charge is 2.33. The van der Waals surface area contributed by atoms with Crippen molar-refractivity contribution in [3.8, 4) is 0 Å². The topological polar surface area (TPSA) is 49.3 Å². The lowest BCUT2D eigenvalue weighted by Crippen LogP contribution is -2.48. The molecule has 1 aromatic carbocycles. The summed E-state index contributed by atoms with van der Waals surface area (Å²) in [6, 6.07) is 6.04. The minimum atomic E-state index is -0.469. The molecule has 1 aliphatic carbocycles. The zero-order valence-electron chi connectivity index (χ0n) is 10.7. The van der Waals surface area contributed by atoms with E-state index in [1.165, 1.54) is 18.2 Å². The number of benzene rings is 1. The zero-order valence-corrected chi connectivity index (χ0v) is 10.7. The second-order valence-corrected chi connectivity index (χ2v) is 5.02. The molecule has 1 amide bonds. The second kappa shape index (κ2) is 5.97. The van der Waals surface area contributed by atoms with E-state index in [1.807, 2.05) is 0 Å². The fourth-order valence-corrected chi connectivity index (χ4v) is 2.46. The van der Waals surface area contributed by atoms with E-state index >= 15 is 0 Å². The summed E-state index contributed by atoms with van der Waals surface area (Å²) >= 11 is 0. The molecule has 1 aromatic rings. The molecule has 2 N–H and O–H groups in total. The van der Waals surface area contributed by atoms with Crippen LogP contribution in [0.4, 0.5) is 4.39 Å². The molecule has 19 heavy (non-hydrogen) atoms. The molecular weight excluding hydrogens is 245 g/mol. The Morgan fingerprint density at radius 2 is 2.16 bits per heavy atom. The summed E-state index contributed by atoms with van der Waals surface area (Å²) in [5.41, 5.74) is 0.170. The number of carbonyl (C=O) groups is 1. The van der Waals surface area contributed by atoms with Crippen molar-refractivity contribution in [3.05, 3.63) is 41.7 Å². The summed E-state index contributed by atoms with van der Waals surface area (Å²) in [4.78, 5) is 11.8. The van der Waals surface area contributed by atoms with Gasteiger partial charge in [-0.2, -0.15) is 0 Å². The van der Waals surface area contributed by atoms with E-state index < -0.39 is 5.54 Å². The normalized spacial score (nSPS) is 17.8. The Morgan fingerprint density at radius 1 is 1.42 bits per heavy atom. The van der Waals surface area contributed by atoms with Crippen LogP contribution in [0.15, 0.2) is 30.3 Å². The van der Waals surface area contributed by atoms with Crippen molar-refractivity contribution in [3.63, 3.8) is 0 Å². The van der Waals surface area contributed by atoms with E-state index in [9.17, 15) is 14.3 Å². The third-order valence-electron chi connectivity index (χ3n) is 3.53. The van der Waals surface area contributed by atoms with Gasteiger partial charge in [0.15, 0.2) is 0 Å². The fraction of sp³-hybridized carbons (Fsp3) is 0.400. The average Bonchev–Trinajstić information content (AvgIpc) is 2.86. The summed E-state index contributed by atoms with van der Waals surface area (Å²) in [5, 5.41) is 12.3. The van der Waals surface area contributed by atoms with Crippen LogP contribution in [0.1, 0.15) is 31.2 Å². The summed E-state index contributed by atoms with van der Waals surface area (Å²) in [6.45, 7) is -0.0352. The van der Waals surface area contributed by atoms with Gasteiger partial charge in [-0.1, -0.05) is 25.0 Å². The molecule has 0 radical (unpaired) electrons. The van der Waals surface area contributed by atoms with Crippen LogP contribution in [-0.4, -0.2) is 23.2 Å². The number of hydrogen-bond acceptors (Lipinski definition) is 2. The molecule has 1 aliphatic rings. The van der Waals surface area contributed by atoms with Crippen LogP contribution in [0.25, 0.3) is 6.08 Å². The second-order valence-electron chi connectivity index (χ2n) is 5.02. The summed E-state index contributed by atoms with van der Waals surface area (Å²) < 4.78 is 13.0. The molecule has 0 atom stereocenters. The first kappa shape index (κ1) is 13.7. The molecular formula is C15H18FNO2. The standard InChI is InChI=1S/C15H18FNO2/c16-13-5-3-4-12(10-13)6-7-14(19)17-15(11-18)8-1-2-9-15/h3-7,10,18H,1-2,8-9,11H2,(H,17,19)/b7-6+. The molecule has 0 aromatic heterocycles. The van der Waals surface area contributed by atoms with Crippen molar-refractivity contribution in [1.82, 2.24) is 5.32 Å². The van der Waals surface area contributed by atoms with Gasteiger partial charge in [0.1, 0.15) is 5.82 Å². The van der Waals surface area contributed by atoms with E-state index in [-0.39, 0.29) is 18.3 Å². The molecule has 1 fully saturated rings. The smallest absolute Gasteiger partial charge is 0.244 e. The number of amides is 1. The van der Waals surface area contributed by atoms with Crippen molar-refractivity contribution in [2.24, 2.45) is 0 Å². The van der Waals surface area contributed by atoms with Gasteiger partial charge >= 0.3 is 0 Å². The molecule has 4 heteroatoms. The van der Waals surface area contributed by atoms with Crippen molar-refractivity contribution >= 4 is 12.0 Å². The van der Waals surface area contributed by atoms with E-state index in [0.717, 1.165) is 25.7 Å². The van der Waals surface area contributed by atoms with Gasteiger partial charge in [0.2, 0.25) is 5.91 Å². The van der Waals surface area contributed by atoms with E-state index in [2.05, 4.69) is 5.32 Å². The van der Waals surface area contributed by atoms with Gasteiger partial charge in [-0.15, -0.1) is 0 Å². The molecule has 0 bridgehead atoms. The van der Waals surface area contributed by atoms with Gasteiger partial charge in [0.05, 0.1) is 12.1 Å². The van der Waals surface area contributed by atoms with Crippen LogP contribution in [0.2, 0.25) is 0 Å². The van der Waals surface area contributed by atoms with Gasteiger partial charge in [-0.05, 0) is 36.6 Å². The molecule has 0 spiro atoms. The van der Waals surface area contributed by atoms with Gasteiger partial charge in [-0.25, -0.2) is 4.39 Å². The first-order valence-electron chi connectivity index (χ1n) is 6.50. The number of aliphatic hydroxyl groups excluding tert-OH is 1. The third kappa shape index (κ3) is 3.64. The maximum absolute atomic E-state index is 13.0. The molecule has 102 valence electrons. The lowest BCUT2D eigenvalue weighted by atomic mass is 9.99. The summed E-state index contributed by atoms with van der Waals surface area (Å²) in [5.74, 6) is -0.578. The predicted molar refractivity (Wildman–Crippen MR) is 71.9 cm³/mol. The van der Waals surface area contributed by atoms with Gasteiger partial charge in [0, 0.05) is 6.08 Å². The quantitative estimate of drug-likeness (QED) is 0.819. The first-order chi connectivity index (χ1) is 9.13. The highest BCUT2D eigenvalue weighted by molar-refractivity contribution is 5.92. The molecule has 0 heterocycles. The maximum Gasteiger partial charge on any atom is 0.244 e. The van der Waals surface area contributed by atoms with E-state index in [0.29, 0.717) is 5.56 Å². The fourth-order valence-electron chi connectivity index (χ4n) is 2.46. The number of halogens is 1.